The Morgan fingerprint density at radius 1 is 1.50 bits per heavy atom. The van der Waals surface area contributed by atoms with Gasteiger partial charge in [0.1, 0.15) is 0 Å². The van der Waals surface area contributed by atoms with Crippen LogP contribution in [0.1, 0.15) is 12.8 Å². The smallest absolute Gasteiger partial charge is 0.303 e. The second-order valence-corrected chi connectivity index (χ2v) is 4.33. The molecule has 0 aliphatic heterocycles. The van der Waals surface area contributed by atoms with Gasteiger partial charge < -0.3 is 10.4 Å². The topological polar surface area (TPSA) is 62.2 Å². The van der Waals surface area contributed by atoms with Crippen molar-refractivity contribution in [1.82, 2.24) is 4.98 Å². The largest absolute Gasteiger partial charge is 0.481 e. The molecule has 2 aromatic heterocycles. The number of aromatic nitrogens is 1. The van der Waals surface area contributed by atoms with Crippen molar-refractivity contribution in [2.75, 3.05) is 11.9 Å². The molecule has 0 saturated heterocycles. The van der Waals surface area contributed by atoms with Gasteiger partial charge in [-0.3, -0.25) is 9.78 Å². The zero-order valence-electron chi connectivity index (χ0n) is 8.64. The first-order chi connectivity index (χ1) is 7.77. The molecular formula is C11H12N2O2S. The summed E-state index contributed by atoms with van der Waals surface area (Å²) < 4.78 is 1.12. The molecule has 2 rings (SSSR count). The van der Waals surface area contributed by atoms with Crippen molar-refractivity contribution in [1.29, 1.82) is 0 Å². The molecule has 0 aromatic carbocycles. The maximum Gasteiger partial charge on any atom is 0.303 e. The zero-order chi connectivity index (χ0) is 11.4. The SMILES string of the molecule is O=C(O)CCCNc1ccnc2ccsc12. The number of fused-ring (bicyclic) bond motifs is 1. The first kappa shape index (κ1) is 10.9. The van der Waals surface area contributed by atoms with Crippen molar-refractivity contribution in [2.45, 2.75) is 12.8 Å². The highest BCUT2D eigenvalue weighted by Gasteiger charge is 2.02. The Balaban J connectivity index is 1.98. The standard InChI is InChI=1S/C11H12N2O2S/c14-10(15)2-1-5-12-8-3-6-13-9-4-7-16-11(8)9/h3-4,6-7H,1-2,5H2,(H,12,13)(H,14,15). The quantitative estimate of drug-likeness (QED) is 0.783. The highest BCUT2D eigenvalue weighted by atomic mass is 32.1. The molecule has 0 fully saturated rings. The average molecular weight is 236 g/mol. The Morgan fingerprint density at radius 3 is 3.19 bits per heavy atom. The van der Waals surface area contributed by atoms with Crippen LogP contribution in [0.4, 0.5) is 5.69 Å². The van der Waals surface area contributed by atoms with Gasteiger partial charge in [0, 0.05) is 19.2 Å². The molecule has 0 aliphatic carbocycles. The Hall–Kier alpha value is -1.62. The molecule has 0 unspecified atom stereocenters. The molecule has 0 spiro atoms. The number of rotatable bonds is 5. The lowest BCUT2D eigenvalue weighted by atomic mass is 10.3. The number of hydrogen-bond donors (Lipinski definition) is 2. The number of nitrogens with zero attached hydrogens (tertiary/aromatic N) is 1. The Bertz CT molecular complexity index is 495. The molecule has 2 N–H and O–H groups in total. The highest BCUT2D eigenvalue weighted by Crippen LogP contribution is 2.26. The van der Waals surface area contributed by atoms with Gasteiger partial charge in [0.25, 0.3) is 0 Å². The van der Waals surface area contributed by atoms with Gasteiger partial charge in [-0.2, -0.15) is 0 Å². The number of aliphatic carboxylic acids is 1. The molecule has 2 aromatic rings. The predicted molar refractivity (Wildman–Crippen MR) is 65.0 cm³/mol. The number of carboxylic acids is 1. The third kappa shape index (κ3) is 2.49. The second-order valence-electron chi connectivity index (χ2n) is 3.42. The number of thiophene rings is 1. The molecule has 5 heteroatoms. The van der Waals surface area contributed by atoms with Crippen LogP contribution < -0.4 is 5.32 Å². The van der Waals surface area contributed by atoms with Gasteiger partial charge in [-0.05, 0) is 23.9 Å². The van der Waals surface area contributed by atoms with Gasteiger partial charge in [0.15, 0.2) is 0 Å². The van der Waals surface area contributed by atoms with Gasteiger partial charge in [-0.1, -0.05) is 0 Å². The van der Waals surface area contributed by atoms with Crippen LogP contribution in [0.15, 0.2) is 23.7 Å². The number of hydrogen-bond acceptors (Lipinski definition) is 4. The van der Waals surface area contributed by atoms with E-state index in [1.165, 1.54) is 0 Å². The number of carboxylic acid groups (broad SMARTS) is 1. The molecule has 0 aliphatic rings. The first-order valence-corrected chi connectivity index (χ1v) is 5.93. The minimum atomic E-state index is -0.752. The van der Waals surface area contributed by atoms with E-state index in [4.69, 9.17) is 5.11 Å². The van der Waals surface area contributed by atoms with Gasteiger partial charge in [0.05, 0.1) is 15.9 Å². The highest BCUT2D eigenvalue weighted by molar-refractivity contribution is 7.17. The zero-order valence-corrected chi connectivity index (χ0v) is 9.46. The summed E-state index contributed by atoms with van der Waals surface area (Å²) in [4.78, 5) is 14.6. The van der Waals surface area contributed by atoms with Gasteiger partial charge in [0.2, 0.25) is 0 Å². The number of nitrogens with one attached hydrogen (secondary N) is 1. The Morgan fingerprint density at radius 2 is 2.38 bits per heavy atom. The Kier molecular flexibility index (Phi) is 3.36. The van der Waals surface area contributed by atoms with Gasteiger partial charge in [-0.25, -0.2) is 0 Å². The van der Waals surface area contributed by atoms with E-state index in [9.17, 15) is 4.79 Å². The molecule has 0 amide bonds. The first-order valence-electron chi connectivity index (χ1n) is 5.05. The van der Waals surface area contributed by atoms with E-state index in [0.717, 1.165) is 15.9 Å². The van der Waals surface area contributed by atoms with Crippen LogP contribution in [0.3, 0.4) is 0 Å². The van der Waals surface area contributed by atoms with E-state index in [2.05, 4.69) is 10.3 Å². The average Bonchev–Trinajstić information content (AvgIpc) is 2.72. The summed E-state index contributed by atoms with van der Waals surface area (Å²) in [5.41, 5.74) is 2.01. The van der Waals surface area contributed by atoms with E-state index in [1.807, 2.05) is 17.5 Å². The van der Waals surface area contributed by atoms with E-state index in [-0.39, 0.29) is 6.42 Å². The summed E-state index contributed by atoms with van der Waals surface area (Å²) in [7, 11) is 0. The molecule has 84 valence electrons. The van der Waals surface area contributed by atoms with Crippen molar-refractivity contribution in [2.24, 2.45) is 0 Å². The van der Waals surface area contributed by atoms with E-state index in [0.29, 0.717) is 13.0 Å². The van der Waals surface area contributed by atoms with Crippen molar-refractivity contribution in [3.63, 3.8) is 0 Å². The maximum atomic E-state index is 10.3. The van der Waals surface area contributed by atoms with Crippen molar-refractivity contribution >= 4 is 33.2 Å². The minimum absolute atomic E-state index is 0.200. The summed E-state index contributed by atoms with van der Waals surface area (Å²) in [5.74, 6) is -0.752. The molecular weight excluding hydrogens is 224 g/mol. The van der Waals surface area contributed by atoms with E-state index >= 15 is 0 Å². The molecule has 2 heterocycles. The molecule has 0 saturated carbocycles. The lowest BCUT2D eigenvalue weighted by molar-refractivity contribution is -0.137. The normalized spacial score (nSPS) is 10.5. The van der Waals surface area contributed by atoms with E-state index < -0.39 is 5.97 Å². The van der Waals surface area contributed by atoms with Crippen LogP contribution in [0.5, 0.6) is 0 Å². The van der Waals surface area contributed by atoms with Crippen molar-refractivity contribution < 1.29 is 9.90 Å². The van der Waals surface area contributed by atoms with Crippen LogP contribution in [-0.2, 0) is 4.79 Å². The summed E-state index contributed by atoms with van der Waals surface area (Å²) in [5, 5.41) is 13.7. The number of carbonyl (C=O) groups is 1. The maximum absolute atomic E-state index is 10.3. The van der Waals surface area contributed by atoms with Crippen LogP contribution >= 0.6 is 11.3 Å². The summed E-state index contributed by atoms with van der Waals surface area (Å²) in [6, 6.07) is 3.89. The second kappa shape index (κ2) is 4.94. The van der Waals surface area contributed by atoms with Crippen molar-refractivity contribution in [3.8, 4) is 0 Å². The molecule has 0 bridgehead atoms. The third-order valence-electron chi connectivity index (χ3n) is 2.23. The monoisotopic (exact) mass is 236 g/mol. The molecule has 0 radical (unpaired) electrons. The van der Waals surface area contributed by atoms with Crippen LogP contribution in [-0.4, -0.2) is 22.6 Å². The van der Waals surface area contributed by atoms with Gasteiger partial charge >= 0.3 is 5.97 Å². The van der Waals surface area contributed by atoms with E-state index in [1.54, 1.807) is 17.5 Å². The lowest BCUT2D eigenvalue weighted by Crippen LogP contribution is -2.04. The molecule has 0 atom stereocenters. The Labute approximate surface area is 96.9 Å². The van der Waals surface area contributed by atoms with Crippen molar-refractivity contribution in [3.05, 3.63) is 23.7 Å². The number of pyridine rings is 1. The summed E-state index contributed by atoms with van der Waals surface area (Å²) in [6.07, 6.45) is 2.59. The van der Waals surface area contributed by atoms with Crippen LogP contribution in [0.25, 0.3) is 10.2 Å². The molecule has 4 nitrogen and oxygen atoms in total. The minimum Gasteiger partial charge on any atom is -0.481 e. The third-order valence-corrected chi connectivity index (χ3v) is 3.16. The fraction of sp³-hybridized carbons (Fsp3) is 0.273. The lowest BCUT2D eigenvalue weighted by Gasteiger charge is -2.05. The van der Waals surface area contributed by atoms with Gasteiger partial charge in [-0.15, -0.1) is 11.3 Å². The fourth-order valence-electron chi connectivity index (χ4n) is 1.48. The summed E-state index contributed by atoms with van der Waals surface area (Å²) in [6.45, 7) is 0.670. The van der Waals surface area contributed by atoms with Crippen LogP contribution in [0.2, 0.25) is 0 Å². The summed E-state index contributed by atoms with van der Waals surface area (Å²) >= 11 is 1.64. The number of anilines is 1. The molecule has 16 heavy (non-hydrogen) atoms. The predicted octanol–water partition coefficient (Wildman–Crippen LogP) is 2.57. The fourth-order valence-corrected chi connectivity index (χ4v) is 2.32. The van der Waals surface area contributed by atoms with Crippen LogP contribution in [0, 0.1) is 0 Å².